The zero-order chi connectivity index (χ0) is 16.7. The summed E-state index contributed by atoms with van der Waals surface area (Å²) in [5.74, 6) is 0.00924. The van der Waals surface area contributed by atoms with Crippen molar-refractivity contribution in [2.75, 3.05) is 0 Å². The first-order valence-corrected chi connectivity index (χ1v) is 9.04. The van der Waals surface area contributed by atoms with Gasteiger partial charge in [-0.05, 0) is 32.6 Å². The average Bonchev–Trinajstić information content (AvgIpc) is 2.54. The molecule has 2 saturated carbocycles. The van der Waals surface area contributed by atoms with Crippen LogP contribution in [0.25, 0.3) is 0 Å². The van der Waals surface area contributed by atoms with Gasteiger partial charge in [-0.1, -0.05) is 45.1 Å². The van der Waals surface area contributed by atoms with E-state index in [0.717, 1.165) is 25.7 Å². The zero-order valence-electron chi connectivity index (χ0n) is 14.6. The molecule has 2 aliphatic rings. The standard InChI is InChI=1S/C18H31N3O2/c1-14(2)20-23-18(19-16-10-6-4-7-11-16)21(15(3)22)17-12-8-5-9-13-17/h16-17,20H,1,4-13H2,2-3H3. The fraction of sp³-hybridized carbons (Fsp3) is 0.778. The maximum atomic E-state index is 12.3. The van der Waals surface area contributed by atoms with E-state index < -0.39 is 0 Å². The molecule has 2 aliphatic carbocycles. The normalized spacial score (nSPS) is 20.9. The van der Waals surface area contributed by atoms with Crippen LogP contribution >= 0.6 is 0 Å². The lowest BCUT2D eigenvalue weighted by Crippen LogP contribution is -2.47. The number of rotatable bonds is 4. The van der Waals surface area contributed by atoms with Crippen molar-refractivity contribution >= 4 is 11.9 Å². The fourth-order valence-corrected chi connectivity index (χ4v) is 3.52. The molecule has 5 nitrogen and oxygen atoms in total. The lowest BCUT2D eigenvalue weighted by atomic mass is 9.94. The van der Waals surface area contributed by atoms with E-state index in [4.69, 9.17) is 9.83 Å². The minimum Gasteiger partial charge on any atom is -0.343 e. The highest BCUT2D eigenvalue weighted by molar-refractivity contribution is 5.93. The van der Waals surface area contributed by atoms with Gasteiger partial charge in [0.1, 0.15) is 0 Å². The largest absolute Gasteiger partial charge is 0.343 e. The smallest absolute Gasteiger partial charge is 0.321 e. The van der Waals surface area contributed by atoms with Crippen molar-refractivity contribution in [1.29, 1.82) is 0 Å². The van der Waals surface area contributed by atoms with E-state index in [1.165, 1.54) is 38.5 Å². The molecule has 0 aromatic heterocycles. The molecular formula is C18H31N3O2. The third-order valence-electron chi connectivity index (χ3n) is 4.67. The summed E-state index contributed by atoms with van der Waals surface area (Å²) in [6.07, 6.45) is 11.5. The number of amides is 1. The van der Waals surface area contributed by atoms with Crippen molar-refractivity contribution in [3.05, 3.63) is 12.3 Å². The van der Waals surface area contributed by atoms with Crippen LogP contribution in [0.15, 0.2) is 17.3 Å². The molecule has 0 bridgehead atoms. The van der Waals surface area contributed by atoms with E-state index >= 15 is 0 Å². The molecule has 0 heterocycles. The van der Waals surface area contributed by atoms with E-state index in [1.807, 2.05) is 6.92 Å². The molecular weight excluding hydrogens is 290 g/mol. The van der Waals surface area contributed by atoms with Crippen LogP contribution in [0.3, 0.4) is 0 Å². The van der Waals surface area contributed by atoms with Crippen LogP contribution in [-0.4, -0.2) is 28.9 Å². The third kappa shape index (κ3) is 5.56. The first-order valence-electron chi connectivity index (χ1n) is 9.04. The maximum absolute atomic E-state index is 12.3. The molecule has 0 aliphatic heterocycles. The number of nitrogens with one attached hydrogen (secondary N) is 1. The number of carbonyl (C=O) groups excluding carboxylic acids is 1. The molecule has 0 saturated heterocycles. The molecule has 0 aromatic rings. The van der Waals surface area contributed by atoms with E-state index in [1.54, 1.807) is 11.8 Å². The summed E-state index contributed by atoms with van der Waals surface area (Å²) in [4.78, 5) is 24.5. The molecule has 0 unspecified atom stereocenters. The summed E-state index contributed by atoms with van der Waals surface area (Å²) in [5.41, 5.74) is 3.49. The van der Waals surface area contributed by atoms with Gasteiger partial charge in [-0.25, -0.2) is 10.5 Å². The van der Waals surface area contributed by atoms with Crippen molar-refractivity contribution in [2.24, 2.45) is 4.99 Å². The molecule has 23 heavy (non-hydrogen) atoms. The Balaban J connectivity index is 2.17. The Morgan fingerprint density at radius 2 is 1.61 bits per heavy atom. The Kier molecular flexibility index (Phi) is 6.93. The minimum absolute atomic E-state index is 0.00924. The summed E-state index contributed by atoms with van der Waals surface area (Å²) < 4.78 is 0. The van der Waals surface area contributed by atoms with Crippen molar-refractivity contribution in [3.8, 4) is 0 Å². The Morgan fingerprint density at radius 1 is 1.04 bits per heavy atom. The maximum Gasteiger partial charge on any atom is 0.321 e. The number of amidine groups is 1. The van der Waals surface area contributed by atoms with Crippen LogP contribution in [0.1, 0.15) is 78.1 Å². The van der Waals surface area contributed by atoms with Gasteiger partial charge < -0.3 is 4.84 Å². The summed E-state index contributed by atoms with van der Waals surface area (Å²) in [6.45, 7) is 7.23. The van der Waals surface area contributed by atoms with Gasteiger partial charge in [0.2, 0.25) is 5.91 Å². The number of nitrogens with zero attached hydrogens (tertiary/aromatic N) is 2. The number of aliphatic imine (C=N–C) groups is 1. The number of allylic oxidation sites excluding steroid dienone is 1. The van der Waals surface area contributed by atoms with Crippen LogP contribution in [0, 0.1) is 0 Å². The predicted molar refractivity (Wildman–Crippen MR) is 92.7 cm³/mol. The molecule has 130 valence electrons. The Bertz CT molecular complexity index is 436. The minimum atomic E-state index is 0.00924. The number of hydrogen-bond donors (Lipinski definition) is 1. The highest BCUT2D eigenvalue weighted by Crippen LogP contribution is 2.25. The van der Waals surface area contributed by atoms with Crippen molar-refractivity contribution in [3.63, 3.8) is 0 Å². The topological polar surface area (TPSA) is 53.9 Å². The first-order chi connectivity index (χ1) is 11.1. The average molecular weight is 321 g/mol. The first kappa shape index (κ1) is 17.8. The van der Waals surface area contributed by atoms with Gasteiger partial charge in [0, 0.05) is 18.7 Å². The summed E-state index contributed by atoms with van der Waals surface area (Å²) >= 11 is 0. The van der Waals surface area contributed by atoms with Crippen molar-refractivity contribution in [1.82, 2.24) is 10.4 Å². The van der Waals surface area contributed by atoms with Crippen LogP contribution in [0.4, 0.5) is 0 Å². The van der Waals surface area contributed by atoms with Crippen LogP contribution in [0.2, 0.25) is 0 Å². The van der Waals surface area contributed by atoms with E-state index in [2.05, 4.69) is 12.1 Å². The van der Waals surface area contributed by atoms with E-state index in [0.29, 0.717) is 11.7 Å². The van der Waals surface area contributed by atoms with Crippen molar-refractivity contribution in [2.45, 2.75) is 90.1 Å². The van der Waals surface area contributed by atoms with Crippen LogP contribution in [-0.2, 0) is 9.63 Å². The number of hydroxylamine groups is 1. The molecule has 5 heteroatoms. The summed E-state index contributed by atoms with van der Waals surface area (Å²) in [6, 6.07) is 0.894. The third-order valence-corrected chi connectivity index (χ3v) is 4.67. The number of carbonyl (C=O) groups is 1. The van der Waals surface area contributed by atoms with Crippen LogP contribution < -0.4 is 5.48 Å². The fourth-order valence-electron chi connectivity index (χ4n) is 3.52. The van der Waals surface area contributed by atoms with Crippen molar-refractivity contribution < 1.29 is 9.63 Å². The second kappa shape index (κ2) is 8.94. The van der Waals surface area contributed by atoms with Crippen LogP contribution in [0.5, 0.6) is 0 Å². The predicted octanol–water partition coefficient (Wildman–Crippen LogP) is 3.91. The molecule has 1 N–H and O–H groups in total. The lowest BCUT2D eigenvalue weighted by molar-refractivity contribution is -0.128. The second-order valence-corrected chi connectivity index (χ2v) is 6.87. The SMILES string of the molecule is C=C(C)NOC(=NC1CCCCC1)N(C(C)=O)C1CCCCC1. The Morgan fingerprint density at radius 3 is 2.13 bits per heavy atom. The van der Waals surface area contributed by atoms with Gasteiger partial charge in [0.25, 0.3) is 0 Å². The molecule has 0 radical (unpaired) electrons. The molecule has 1 amide bonds. The monoisotopic (exact) mass is 321 g/mol. The summed E-state index contributed by atoms with van der Waals surface area (Å²) in [7, 11) is 0. The van der Waals surface area contributed by atoms with E-state index in [-0.39, 0.29) is 18.0 Å². The lowest BCUT2D eigenvalue weighted by Gasteiger charge is -2.34. The molecule has 2 fully saturated rings. The second-order valence-electron chi connectivity index (χ2n) is 6.87. The highest BCUT2D eigenvalue weighted by atomic mass is 16.7. The van der Waals surface area contributed by atoms with Gasteiger partial charge in [0.15, 0.2) is 0 Å². The zero-order valence-corrected chi connectivity index (χ0v) is 14.6. The quantitative estimate of drug-likeness (QED) is 0.485. The van der Waals surface area contributed by atoms with Gasteiger partial charge in [-0.2, -0.15) is 0 Å². The van der Waals surface area contributed by atoms with Gasteiger partial charge in [-0.15, -0.1) is 0 Å². The Hall–Kier alpha value is -1.52. The molecule has 0 spiro atoms. The Labute approximate surface area is 140 Å². The molecule has 2 rings (SSSR count). The molecule has 0 atom stereocenters. The molecule has 0 aromatic carbocycles. The van der Waals surface area contributed by atoms with Gasteiger partial charge in [0.05, 0.1) is 6.04 Å². The van der Waals surface area contributed by atoms with Gasteiger partial charge >= 0.3 is 6.02 Å². The van der Waals surface area contributed by atoms with Gasteiger partial charge in [-0.3, -0.25) is 9.69 Å². The summed E-state index contributed by atoms with van der Waals surface area (Å²) in [5, 5.41) is 0. The van der Waals surface area contributed by atoms with E-state index in [9.17, 15) is 4.79 Å². The highest BCUT2D eigenvalue weighted by Gasteiger charge is 2.30. The number of hydrogen-bond acceptors (Lipinski definition) is 4.